The first-order chi connectivity index (χ1) is 24.2. The maximum Gasteiger partial charge on any atom is 0.407 e. The Labute approximate surface area is 293 Å². The summed E-state index contributed by atoms with van der Waals surface area (Å²) in [6.45, 7) is 4.13. The van der Waals surface area contributed by atoms with Gasteiger partial charge in [0.15, 0.2) is 0 Å². The molecule has 0 saturated carbocycles. The van der Waals surface area contributed by atoms with Crippen LogP contribution in [0, 0.1) is 11.8 Å². The predicted octanol–water partition coefficient (Wildman–Crippen LogP) is 5.35. The van der Waals surface area contributed by atoms with Crippen LogP contribution < -0.4 is 10.6 Å². The average molecular weight is 682 g/mol. The first kappa shape index (κ1) is 36.3. The minimum Gasteiger partial charge on any atom is -0.462 e. The van der Waals surface area contributed by atoms with Crippen molar-refractivity contribution in [1.29, 1.82) is 0 Å². The number of alkyl carbamates (subject to hydrolysis) is 1. The number of hydrogen-bond donors (Lipinski definition) is 3. The molecule has 5 rings (SSSR count). The number of hydrogen-bond acceptors (Lipinski definition) is 7. The zero-order valence-electron chi connectivity index (χ0n) is 28.8. The Morgan fingerprint density at radius 3 is 2.28 bits per heavy atom. The third-order valence-corrected chi connectivity index (χ3v) is 9.40. The summed E-state index contributed by atoms with van der Waals surface area (Å²) in [5.74, 6) is -2.02. The molecule has 2 aliphatic rings. The summed E-state index contributed by atoms with van der Waals surface area (Å²) in [5, 5.41) is 15.3. The number of esters is 1. The van der Waals surface area contributed by atoms with E-state index in [1.807, 2.05) is 92.7 Å². The van der Waals surface area contributed by atoms with E-state index >= 15 is 0 Å². The lowest BCUT2D eigenvalue weighted by molar-refractivity contribution is -0.148. The van der Waals surface area contributed by atoms with Gasteiger partial charge in [0, 0.05) is 25.4 Å². The number of fused-ring (bicyclic) bond motifs is 3. The smallest absolute Gasteiger partial charge is 0.407 e. The van der Waals surface area contributed by atoms with Crippen molar-refractivity contribution in [2.24, 2.45) is 11.8 Å². The van der Waals surface area contributed by atoms with E-state index in [0.717, 1.165) is 27.8 Å². The second-order valence-corrected chi connectivity index (χ2v) is 13.2. The molecular weight excluding hydrogens is 634 g/mol. The van der Waals surface area contributed by atoms with Gasteiger partial charge in [-0.25, -0.2) is 9.59 Å². The second kappa shape index (κ2) is 17.6. The molecule has 0 bridgehead atoms. The first-order valence-electron chi connectivity index (χ1n) is 17.4. The Bertz CT molecular complexity index is 1610. The minimum atomic E-state index is -0.957. The van der Waals surface area contributed by atoms with Crippen molar-refractivity contribution in [2.45, 2.75) is 64.1 Å². The van der Waals surface area contributed by atoms with Crippen LogP contribution in [0.5, 0.6) is 0 Å². The highest BCUT2D eigenvalue weighted by molar-refractivity contribution is 5.86. The number of ether oxygens (including phenoxy) is 2. The van der Waals surface area contributed by atoms with E-state index in [4.69, 9.17) is 9.47 Å². The van der Waals surface area contributed by atoms with Crippen LogP contribution in [0.3, 0.4) is 0 Å². The Hall–Kier alpha value is -4.96. The number of aliphatic hydroxyl groups excluding tert-OH is 1. The highest BCUT2D eigenvalue weighted by atomic mass is 16.6. The van der Waals surface area contributed by atoms with Crippen LogP contribution in [-0.4, -0.2) is 72.3 Å². The molecule has 1 heterocycles. The van der Waals surface area contributed by atoms with Gasteiger partial charge in [-0.3, -0.25) is 9.59 Å². The van der Waals surface area contributed by atoms with Gasteiger partial charge in [0.1, 0.15) is 19.3 Å². The van der Waals surface area contributed by atoms with Crippen molar-refractivity contribution in [3.05, 3.63) is 108 Å². The average Bonchev–Trinajstić information content (AvgIpc) is 3.44. The first-order valence-corrected chi connectivity index (χ1v) is 17.4. The van der Waals surface area contributed by atoms with Crippen LogP contribution in [-0.2, 0) is 30.4 Å². The van der Waals surface area contributed by atoms with Crippen molar-refractivity contribution >= 4 is 23.9 Å². The largest absolute Gasteiger partial charge is 0.462 e. The van der Waals surface area contributed by atoms with Gasteiger partial charge in [0.25, 0.3) is 0 Å². The Morgan fingerprint density at radius 2 is 1.62 bits per heavy atom. The number of aliphatic hydroxyl groups is 1. The topological polar surface area (TPSA) is 134 Å². The summed E-state index contributed by atoms with van der Waals surface area (Å²) in [4.78, 5) is 54.9. The summed E-state index contributed by atoms with van der Waals surface area (Å²) in [5.41, 5.74) is 5.35. The SMILES string of the molecule is CC(C)C1COC(=O)C(NC(=O)OCC2c3ccccc3-c3ccccc32)CCC=CCC(CC(=O)N(CCO)Cc2ccccc2)C(=O)N1. The maximum atomic E-state index is 13.6. The fourth-order valence-corrected chi connectivity index (χ4v) is 6.49. The summed E-state index contributed by atoms with van der Waals surface area (Å²) >= 11 is 0. The van der Waals surface area contributed by atoms with Crippen LogP contribution in [0.4, 0.5) is 4.79 Å². The fraction of sp³-hybridized carbons (Fsp3) is 0.400. The van der Waals surface area contributed by atoms with Gasteiger partial charge >= 0.3 is 12.1 Å². The zero-order chi connectivity index (χ0) is 35.5. The molecule has 0 spiro atoms. The molecule has 0 fully saturated rings. The van der Waals surface area contributed by atoms with Crippen LogP contribution in [0.2, 0.25) is 0 Å². The van der Waals surface area contributed by atoms with E-state index in [-0.39, 0.29) is 62.9 Å². The van der Waals surface area contributed by atoms with Crippen molar-refractivity contribution < 1.29 is 33.8 Å². The van der Waals surface area contributed by atoms with Gasteiger partial charge in [-0.2, -0.15) is 0 Å². The molecule has 3 aromatic rings. The third kappa shape index (κ3) is 9.38. The summed E-state index contributed by atoms with van der Waals surface area (Å²) < 4.78 is 11.4. The number of carbonyl (C=O) groups excluding carboxylic acids is 4. The van der Waals surface area contributed by atoms with Gasteiger partial charge < -0.3 is 30.1 Å². The number of allylic oxidation sites excluding steroid dienone is 2. The summed E-state index contributed by atoms with van der Waals surface area (Å²) in [6, 6.07) is 24.2. The maximum absolute atomic E-state index is 13.6. The van der Waals surface area contributed by atoms with E-state index in [1.165, 1.54) is 0 Å². The van der Waals surface area contributed by atoms with Crippen LogP contribution in [0.15, 0.2) is 91.0 Å². The Kier molecular flexibility index (Phi) is 12.8. The van der Waals surface area contributed by atoms with E-state index < -0.39 is 30.1 Å². The number of amides is 3. The van der Waals surface area contributed by atoms with Crippen molar-refractivity contribution in [3.63, 3.8) is 0 Å². The molecule has 3 N–H and O–H groups in total. The van der Waals surface area contributed by atoms with Crippen molar-refractivity contribution in [1.82, 2.24) is 15.5 Å². The van der Waals surface area contributed by atoms with Gasteiger partial charge in [-0.05, 0) is 53.0 Å². The summed E-state index contributed by atoms with van der Waals surface area (Å²) in [6.07, 6.45) is 3.92. The molecule has 10 heteroatoms. The number of benzene rings is 3. The molecule has 3 atom stereocenters. The molecule has 3 aromatic carbocycles. The Morgan fingerprint density at radius 1 is 0.960 bits per heavy atom. The zero-order valence-corrected chi connectivity index (χ0v) is 28.8. The highest BCUT2D eigenvalue weighted by Gasteiger charge is 2.32. The van der Waals surface area contributed by atoms with Crippen LogP contribution in [0.25, 0.3) is 11.1 Å². The normalized spacial score (nSPS) is 19.6. The lowest BCUT2D eigenvalue weighted by atomic mass is 9.96. The molecule has 0 aromatic heterocycles. The number of rotatable bonds is 10. The second-order valence-electron chi connectivity index (χ2n) is 13.2. The van der Waals surface area contributed by atoms with E-state index in [1.54, 1.807) is 4.90 Å². The predicted molar refractivity (Wildman–Crippen MR) is 190 cm³/mol. The fourth-order valence-electron chi connectivity index (χ4n) is 6.49. The van der Waals surface area contributed by atoms with Crippen molar-refractivity contribution in [2.75, 3.05) is 26.4 Å². The van der Waals surface area contributed by atoms with E-state index in [9.17, 15) is 24.3 Å². The van der Waals surface area contributed by atoms with Crippen molar-refractivity contribution in [3.8, 4) is 11.1 Å². The molecule has 264 valence electrons. The van der Waals surface area contributed by atoms with Gasteiger partial charge in [-0.1, -0.05) is 105 Å². The standard InChI is InChI=1S/C40H47N3O7/c1-27(2)36-26-49-39(47)35(42-40(48)50-25-34-32-18-11-9-16-30(32)31-17-10-12-19-33(31)34)20-8-4-7-15-29(38(46)41-36)23-37(45)43(21-22-44)24-28-13-5-3-6-14-28/h3-7,9-14,16-19,27,29,34-36,44H,8,15,20-26H2,1-2H3,(H,41,46)(H,42,48). The lowest BCUT2D eigenvalue weighted by Gasteiger charge is -2.27. The van der Waals surface area contributed by atoms with Crippen LogP contribution >= 0.6 is 0 Å². The molecule has 1 aliphatic carbocycles. The molecule has 0 radical (unpaired) electrons. The molecule has 1 aliphatic heterocycles. The molecule has 3 amide bonds. The number of nitrogens with one attached hydrogen (secondary N) is 2. The summed E-state index contributed by atoms with van der Waals surface area (Å²) in [7, 11) is 0. The quantitative estimate of drug-likeness (QED) is 0.194. The molecule has 3 unspecified atom stereocenters. The Balaban J connectivity index is 1.23. The molecule has 0 saturated heterocycles. The van der Waals surface area contributed by atoms with Gasteiger partial charge in [-0.15, -0.1) is 0 Å². The highest BCUT2D eigenvalue weighted by Crippen LogP contribution is 2.44. The number of nitrogens with zero attached hydrogens (tertiary/aromatic N) is 1. The molecular formula is C40H47N3O7. The van der Waals surface area contributed by atoms with Gasteiger partial charge in [0.2, 0.25) is 11.8 Å². The molecule has 50 heavy (non-hydrogen) atoms. The number of cyclic esters (lactones) is 1. The van der Waals surface area contributed by atoms with Crippen LogP contribution in [0.1, 0.15) is 62.1 Å². The van der Waals surface area contributed by atoms with E-state index in [2.05, 4.69) is 22.8 Å². The molecule has 10 nitrogen and oxygen atoms in total. The number of carbonyl (C=O) groups is 4. The van der Waals surface area contributed by atoms with E-state index in [0.29, 0.717) is 19.4 Å². The third-order valence-electron chi connectivity index (χ3n) is 9.40. The lowest BCUT2D eigenvalue weighted by Crippen LogP contribution is -2.48. The minimum absolute atomic E-state index is 0.0421. The monoisotopic (exact) mass is 681 g/mol. The van der Waals surface area contributed by atoms with Gasteiger partial charge in [0.05, 0.1) is 18.6 Å².